The summed E-state index contributed by atoms with van der Waals surface area (Å²) in [4.78, 5) is 10.5. The molecule has 0 aromatic heterocycles. The molecule has 1 aromatic carbocycles. The van der Waals surface area contributed by atoms with Crippen LogP contribution in [-0.4, -0.2) is 17.1 Å². The van der Waals surface area contributed by atoms with Gasteiger partial charge in [0.25, 0.3) is 0 Å². The first-order chi connectivity index (χ1) is 7.50. The molecule has 3 N–H and O–H groups in total. The van der Waals surface area contributed by atoms with Crippen LogP contribution in [-0.2, 0) is 11.2 Å². The van der Waals surface area contributed by atoms with Gasteiger partial charge in [-0.25, -0.2) is 0 Å². The maximum Gasteiger partial charge on any atom is 0.320 e. The first-order valence-corrected chi connectivity index (χ1v) is 5.62. The Morgan fingerprint density at radius 3 is 2.81 bits per heavy atom. The summed E-state index contributed by atoms with van der Waals surface area (Å²) in [5.74, 6) is -0.938. The third-order valence-electron chi connectivity index (χ3n) is 2.52. The molecular weight excluding hydrogens is 226 g/mol. The highest BCUT2D eigenvalue weighted by atomic mass is 35.5. The van der Waals surface area contributed by atoms with Gasteiger partial charge in [0.1, 0.15) is 6.04 Å². The molecule has 0 fully saturated rings. The molecule has 1 atom stereocenters. The van der Waals surface area contributed by atoms with E-state index in [1.165, 1.54) is 5.56 Å². The van der Waals surface area contributed by atoms with Crippen LogP contribution in [0.15, 0.2) is 18.2 Å². The Hall–Kier alpha value is -1.06. The number of aryl methyl sites for hydroxylation is 2. The van der Waals surface area contributed by atoms with Crippen molar-refractivity contribution in [2.75, 3.05) is 0 Å². The van der Waals surface area contributed by atoms with E-state index in [0.717, 1.165) is 23.4 Å². The molecule has 0 spiro atoms. The van der Waals surface area contributed by atoms with E-state index in [1.54, 1.807) is 0 Å². The Morgan fingerprint density at radius 2 is 2.25 bits per heavy atom. The van der Waals surface area contributed by atoms with E-state index in [4.69, 9.17) is 22.4 Å². The summed E-state index contributed by atoms with van der Waals surface area (Å²) < 4.78 is 0. The number of carboxylic acids is 1. The largest absolute Gasteiger partial charge is 0.480 e. The molecule has 1 rings (SSSR count). The maximum absolute atomic E-state index is 10.5. The summed E-state index contributed by atoms with van der Waals surface area (Å²) in [7, 11) is 0. The lowest BCUT2D eigenvalue weighted by atomic mass is 10.0. The summed E-state index contributed by atoms with van der Waals surface area (Å²) in [6.07, 6.45) is 2.10. The average molecular weight is 242 g/mol. The molecule has 0 heterocycles. The summed E-state index contributed by atoms with van der Waals surface area (Å²) >= 11 is 5.91. The highest BCUT2D eigenvalue weighted by molar-refractivity contribution is 6.31. The Labute approximate surface area is 100 Å². The molecule has 16 heavy (non-hydrogen) atoms. The van der Waals surface area contributed by atoms with Crippen LogP contribution >= 0.6 is 11.6 Å². The van der Waals surface area contributed by atoms with Gasteiger partial charge in [0.15, 0.2) is 0 Å². The molecule has 3 nitrogen and oxygen atoms in total. The number of halogens is 1. The molecule has 0 aliphatic heterocycles. The van der Waals surface area contributed by atoms with Gasteiger partial charge >= 0.3 is 5.97 Å². The molecule has 88 valence electrons. The number of hydrogen-bond acceptors (Lipinski definition) is 2. The molecule has 1 aromatic rings. The molecule has 0 aliphatic rings. The molecule has 0 amide bonds. The van der Waals surface area contributed by atoms with E-state index in [9.17, 15) is 4.79 Å². The van der Waals surface area contributed by atoms with Crippen LogP contribution in [0.1, 0.15) is 24.0 Å². The number of carboxylic acid groups (broad SMARTS) is 1. The van der Waals surface area contributed by atoms with E-state index in [0.29, 0.717) is 6.42 Å². The second-order valence-corrected chi connectivity index (χ2v) is 4.33. The molecule has 0 unspecified atom stereocenters. The van der Waals surface area contributed by atoms with Gasteiger partial charge in [0.05, 0.1) is 0 Å². The zero-order valence-corrected chi connectivity index (χ0v) is 10.00. The van der Waals surface area contributed by atoms with Crippen LogP contribution in [0.3, 0.4) is 0 Å². The fraction of sp³-hybridized carbons (Fsp3) is 0.417. The van der Waals surface area contributed by atoms with E-state index in [1.807, 2.05) is 25.1 Å². The first kappa shape index (κ1) is 13.0. The van der Waals surface area contributed by atoms with E-state index >= 15 is 0 Å². The minimum atomic E-state index is -0.938. The summed E-state index contributed by atoms with van der Waals surface area (Å²) in [5, 5.41) is 9.37. The zero-order chi connectivity index (χ0) is 12.1. The van der Waals surface area contributed by atoms with Crippen molar-refractivity contribution < 1.29 is 9.90 Å². The first-order valence-electron chi connectivity index (χ1n) is 5.24. The van der Waals surface area contributed by atoms with Gasteiger partial charge in [-0.15, -0.1) is 0 Å². The molecule has 0 saturated heterocycles. The van der Waals surface area contributed by atoms with Crippen LogP contribution in [0.4, 0.5) is 0 Å². The molecule has 4 heteroatoms. The number of benzene rings is 1. The number of hydrogen-bond donors (Lipinski definition) is 2. The van der Waals surface area contributed by atoms with Crippen molar-refractivity contribution in [3.8, 4) is 0 Å². The molecule has 0 saturated carbocycles. The molecule has 0 radical (unpaired) electrons. The van der Waals surface area contributed by atoms with Gasteiger partial charge in [0.2, 0.25) is 0 Å². The highest BCUT2D eigenvalue weighted by Crippen LogP contribution is 2.17. The Kier molecular flexibility index (Phi) is 4.77. The fourth-order valence-electron chi connectivity index (χ4n) is 1.51. The number of rotatable bonds is 5. The molecule has 0 bridgehead atoms. The van der Waals surface area contributed by atoms with Crippen molar-refractivity contribution in [2.45, 2.75) is 32.2 Å². The predicted octanol–water partition coefficient (Wildman–Crippen LogP) is 2.38. The summed E-state index contributed by atoms with van der Waals surface area (Å²) in [6, 6.07) is 5.09. The Morgan fingerprint density at radius 1 is 1.56 bits per heavy atom. The van der Waals surface area contributed by atoms with Gasteiger partial charge in [-0.05, 0) is 43.4 Å². The van der Waals surface area contributed by atoms with Gasteiger partial charge < -0.3 is 10.8 Å². The van der Waals surface area contributed by atoms with E-state index in [-0.39, 0.29) is 0 Å². The van der Waals surface area contributed by atoms with Crippen molar-refractivity contribution in [3.05, 3.63) is 34.3 Å². The smallest absolute Gasteiger partial charge is 0.320 e. The van der Waals surface area contributed by atoms with Crippen molar-refractivity contribution in [1.82, 2.24) is 0 Å². The Balaban J connectivity index is 2.43. The number of nitrogens with two attached hydrogens (primary N) is 1. The van der Waals surface area contributed by atoms with Crippen molar-refractivity contribution in [1.29, 1.82) is 0 Å². The lowest BCUT2D eigenvalue weighted by Crippen LogP contribution is -2.29. The van der Waals surface area contributed by atoms with Crippen LogP contribution in [0, 0.1) is 6.92 Å². The molecule has 0 aliphatic carbocycles. The SMILES string of the molecule is Cc1cc(CCC[C@H](N)C(=O)O)ccc1Cl. The van der Waals surface area contributed by atoms with Gasteiger partial charge in [-0.3, -0.25) is 4.79 Å². The standard InChI is InChI=1S/C12H16ClNO2/c1-8-7-9(5-6-10(8)13)3-2-4-11(14)12(15)16/h5-7,11H,2-4,14H2,1H3,(H,15,16)/t11-/m0/s1. The van der Waals surface area contributed by atoms with E-state index in [2.05, 4.69) is 0 Å². The van der Waals surface area contributed by atoms with Gasteiger partial charge in [-0.2, -0.15) is 0 Å². The van der Waals surface area contributed by atoms with Crippen molar-refractivity contribution >= 4 is 17.6 Å². The summed E-state index contributed by atoms with van der Waals surface area (Å²) in [5.41, 5.74) is 7.62. The normalized spacial score (nSPS) is 12.4. The van der Waals surface area contributed by atoms with E-state index < -0.39 is 12.0 Å². The average Bonchev–Trinajstić information content (AvgIpc) is 2.23. The second kappa shape index (κ2) is 5.87. The lowest BCUT2D eigenvalue weighted by molar-refractivity contribution is -0.138. The van der Waals surface area contributed by atoms with Crippen molar-refractivity contribution in [2.24, 2.45) is 5.73 Å². The van der Waals surface area contributed by atoms with Crippen LogP contribution in [0.5, 0.6) is 0 Å². The summed E-state index contributed by atoms with van der Waals surface area (Å²) in [6.45, 7) is 1.95. The fourth-order valence-corrected chi connectivity index (χ4v) is 1.63. The lowest BCUT2D eigenvalue weighted by Gasteiger charge is -2.07. The van der Waals surface area contributed by atoms with Crippen LogP contribution in [0.2, 0.25) is 5.02 Å². The monoisotopic (exact) mass is 241 g/mol. The van der Waals surface area contributed by atoms with Crippen molar-refractivity contribution in [3.63, 3.8) is 0 Å². The number of aliphatic carboxylic acids is 1. The second-order valence-electron chi connectivity index (χ2n) is 3.92. The predicted molar refractivity (Wildman–Crippen MR) is 64.7 cm³/mol. The molecular formula is C12H16ClNO2. The van der Waals surface area contributed by atoms with Crippen LogP contribution < -0.4 is 5.73 Å². The third-order valence-corrected chi connectivity index (χ3v) is 2.94. The zero-order valence-electron chi connectivity index (χ0n) is 9.24. The number of carbonyl (C=O) groups is 1. The van der Waals surface area contributed by atoms with Crippen LogP contribution in [0.25, 0.3) is 0 Å². The maximum atomic E-state index is 10.5. The minimum Gasteiger partial charge on any atom is -0.480 e. The minimum absolute atomic E-state index is 0.497. The van der Waals surface area contributed by atoms with Gasteiger partial charge in [0, 0.05) is 5.02 Å². The van der Waals surface area contributed by atoms with Gasteiger partial charge in [-0.1, -0.05) is 23.7 Å². The topological polar surface area (TPSA) is 63.3 Å². The third kappa shape index (κ3) is 3.83. The highest BCUT2D eigenvalue weighted by Gasteiger charge is 2.10. The Bertz CT molecular complexity index is 379. The quantitative estimate of drug-likeness (QED) is 0.832.